The van der Waals surface area contributed by atoms with Gasteiger partial charge in [0.05, 0.1) is 19.4 Å². The SMILES string of the molecule is O=C(NCC=NOC1CCCCO1)c1ccc(-c2noc(C(F)(F)F)n2)cc1. The number of nitrogens with zero attached hydrogens (tertiary/aromatic N) is 3. The molecule has 1 aliphatic rings. The van der Waals surface area contributed by atoms with Crippen molar-refractivity contribution in [3.8, 4) is 11.4 Å². The monoisotopic (exact) mass is 398 g/mol. The highest BCUT2D eigenvalue weighted by Crippen LogP contribution is 2.29. The van der Waals surface area contributed by atoms with Crippen LogP contribution in [0.4, 0.5) is 13.2 Å². The number of hydrogen-bond acceptors (Lipinski definition) is 7. The Hall–Kier alpha value is -2.95. The zero-order valence-corrected chi connectivity index (χ0v) is 14.6. The maximum absolute atomic E-state index is 12.5. The van der Waals surface area contributed by atoms with E-state index in [0.29, 0.717) is 17.7 Å². The molecule has 1 aliphatic heterocycles. The number of aromatic nitrogens is 2. The molecule has 1 N–H and O–H groups in total. The van der Waals surface area contributed by atoms with Crippen LogP contribution in [0.25, 0.3) is 11.4 Å². The lowest BCUT2D eigenvalue weighted by Crippen LogP contribution is -2.25. The first kappa shape index (κ1) is 19.8. The zero-order valence-electron chi connectivity index (χ0n) is 14.6. The summed E-state index contributed by atoms with van der Waals surface area (Å²) in [6, 6.07) is 5.74. The van der Waals surface area contributed by atoms with Crippen LogP contribution in [0.2, 0.25) is 0 Å². The number of alkyl halides is 3. The van der Waals surface area contributed by atoms with Gasteiger partial charge in [-0.25, -0.2) is 0 Å². The highest BCUT2D eigenvalue weighted by Gasteiger charge is 2.38. The zero-order chi connectivity index (χ0) is 20.0. The summed E-state index contributed by atoms with van der Waals surface area (Å²) in [5.74, 6) is -2.02. The minimum absolute atomic E-state index is 0.146. The van der Waals surface area contributed by atoms with E-state index in [1.54, 1.807) is 0 Å². The molecule has 0 bridgehead atoms. The minimum atomic E-state index is -4.71. The molecule has 1 unspecified atom stereocenters. The van der Waals surface area contributed by atoms with Gasteiger partial charge in [-0.2, -0.15) is 18.2 Å². The van der Waals surface area contributed by atoms with Crippen molar-refractivity contribution in [2.45, 2.75) is 31.7 Å². The van der Waals surface area contributed by atoms with E-state index in [1.807, 2.05) is 0 Å². The molecular weight excluding hydrogens is 381 g/mol. The molecule has 1 aromatic carbocycles. The summed E-state index contributed by atoms with van der Waals surface area (Å²) < 4.78 is 47.0. The van der Waals surface area contributed by atoms with E-state index < -0.39 is 12.1 Å². The quantitative estimate of drug-likeness (QED) is 0.593. The fraction of sp³-hybridized carbons (Fsp3) is 0.412. The van der Waals surface area contributed by atoms with Crippen molar-refractivity contribution >= 4 is 12.1 Å². The summed E-state index contributed by atoms with van der Waals surface area (Å²) in [6.45, 7) is 0.793. The van der Waals surface area contributed by atoms with Crippen molar-refractivity contribution < 1.29 is 32.1 Å². The lowest BCUT2D eigenvalue weighted by Gasteiger charge is -2.19. The first-order valence-corrected chi connectivity index (χ1v) is 8.52. The van der Waals surface area contributed by atoms with Crippen molar-refractivity contribution in [3.63, 3.8) is 0 Å². The molecule has 1 atom stereocenters. The Kier molecular flexibility index (Phi) is 6.24. The lowest BCUT2D eigenvalue weighted by atomic mass is 10.1. The van der Waals surface area contributed by atoms with Crippen LogP contribution in [0.1, 0.15) is 35.5 Å². The largest absolute Gasteiger partial charge is 0.471 e. The molecule has 1 saturated heterocycles. The second-order valence-corrected chi connectivity index (χ2v) is 5.90. The maximum Gasteiger partial charge on any atom is 0.471 e. The van der Waals surface area contributed by atoms with Crippen LogP contribution in [0.5, 0.6) is 0 Å². The number of carbonyl (C=O) groups excluding carboxylic acids is 1. The molecule has 28 heavy (non-hydrogen) atoms. The third-order valence-corrected chi connectivity index (χ3v) is 3.82. The fourth-order valence-electron chi connectivity index (χ4n) is 2.41. The Morgan fingerprint density at radius 3 is 2.75 bits per heavy atom. The van der Waals surface area contributed by atoms with Gasteiger partial charge in [-0.3, -0.25) is 4.79 Å². The standard InChI is InChI=1S/C17H17F3N4O4/c18-17(19,20)16-23-14(24-28-16)11-4-6-12(7-5-11)15(25)21-8-9-22-27-13-3-1-2-10-26-13/h4-7,9,13H,1-3,8,10H2,(H,21,25). The minimum Gasteiger partial charge on any atom is -0.364 e. The Morgan fingerprint density at radius 1 is 1.32 bits per heavy atom. The van der Waals surface area contributed by atoms with Crippen LogP contribution in [-0.2, 0) is 15.8 Å². The summed E-state index contributed by atoms with van der Waals surface area (Å²) in [4.78, 5) is 20.5. The summed E-state index contributed by atoms with van der Waals surface area (Å²) in [5, 5.41) is 9.65. The molecule has 1 fully saturated rings. The number of nitrogens with one attached hydrogen (secondary N) is 1. The van der Waals surface area contributed by atoms with Gasteiger partial charge in [0.25, 0.3) is 5.91 Å². The molecule has 0 saturated carbocycles. The number of oxime groups is 1. The van der Waals surface area contributed by atoms with Gasteiger partial charge in [0.15, 0.2) is 0 Å². The highest BCUT2D eigenvalue weighted by molar-refractivity contribution is 5.95. The van der Waals surface area contributed by atoms with Gasteiger partial charge in [-0.1, -0.05) is 22.4 Å². The second kappa shape index (κ2) is 8.83. The predicted octanol–water partition coefficient (Wildman–Crippen LogP) is 3.01. The molecule has 2 aromatic rings. The number of ether oxygens (including phenoxy) is 1. The molecule has 3 rings (SSSR count). The number of hydrogen-bond donors (Lipinski definition) is 1. The van der Waals surface area contributed by atoms with E-state index in [2.05, 4.69) is 25.1 Å². The Balaban J connectivity index is 1.49. The van der Waals surface area contributed by atoms with Crippen LogP contribution in [0.3, 0.4) is 0 Å². The molecule has 8 nitrogen and oxygen atoms in total. The van der Waals surface area contributed by atoms with Gasteiger partial charge in [0.2, 0.25) is 12.1 Å². The average molecular weight is 398 g/mol. The van der Waals surface area contributed by atoms with Crippen molar-refractivity contribution in [1.29, 1.82) is 0 Å². The van der Waals surface area contributed by atoms with Crippen molar-refractivity contribution in [3.05, 3.63) is 35.7 Å². The third kappa shape index (κ3) is 5.28. The molecule has 1 amide bonds. The normalized spacial score (nSPS) is 17.6. The summed E-state index contributed by atoms with van der Waals surface area (Å²) >= 11 is 0. The topological polar surface area (TPSA) is 98.8 Å². The first-order chi connectivity index (χ1) is 13.4. The van der Waals surface area contributed by atoms with Crippen molar-refractivity contribution in [2.24, 2.45) is 5.16 Å². The number of halogens is 3. The molecule has 0 radical (unpaired) electrons. The van der Waals surface area contributed by atoms with Gasteiger partial charge >= 0.3 is 12.1 Å². The van der Waals surface area contributed by atoms with E-state index in [9.17, 15) is 18.0 Å². The Morgan fingerprint density at radius 2 is 2.11 bits per heavy atom. The molecule has 0 spiro atoms. The summed E-state index contributed by atoms with van der Waals surface area (Å²) in [5.41, 5.74) is 0.603. The molecule has 2 heterocycles. The molecule has 150 valence electrons. The van der Waals surface area contributed by atoms with Crippen molar-refractivity contribution in [1.82, 2.24) is 15.5 Å². The van der Waals surface area contributed by atoms with Gasteiger partial charge in [0, 0.05) is 17.5 Å². The van der Waals surface area contributed by atoms with Gasteiger partial charge in [-0.05, 0) is 25.0 Å². The predicted molar refractivity (Wildman–Crippen MR) is 90.2 cm³/mol. The van der Waals surface area contributed by atoms with Crippen LogP contribution < -0.4 is 5.32 Å². The average Bonchev–Trinajstić information content (AvgIpc) is 3.19. The molecule has 1 aromatic heterocycles. The van der Waals surface area contributed by atoms with Crippen LogP contribution in [0.15, 0.2) is 33.9 Å². The fourth-order valence-corrected chi connectivity index (χ4v) is 2.41. The van der Waals surface area contributed by atoms with Crippen LogP contribution in [-0.4, -0.2) is 41.7 Å². The van der Waals surface area contributed by atoms with E-state index >= 15 is 0 Å². The lowest BCUT2D eigenvalue weighted by molar-refractivity contribution is -0.161. The summed E-state index contributed by atoms with van der Waals surface area (Å²) in [6.07, 6.45) is -0.845. The van der Waals surface area contributed by atoms with Crippen LogP contribution >= 0.6 is 0 Å². The number of benzene rings is 1. The highest BCUT2D eigenvalue weighted by atomic mass is 19.4. The number of amides is 1. The smallest absolute Gasteiger partial charge is 0.364 e. The second-order valence-electron chi connectivity index (χ2n) is 5.90. The van der Waals surface area contributed by atoms with Gasteiger partial charge < -0.3 is 19.4 Å². The third-order valence-electron chi connectivity index (χ3n) is 3.82. The molecule has 11 heteroatoms. The van der Waals surface area contributed by atoms with Gasteiger partial charge in [-0.15, -0.1) is 0 Å². The number of carbonyl (C=O) groups is 1. The van der Waals surface area contributed by atoms with Gasteiger partial charge in [0.1, 0.15) is 0 Å². The van der Waals surface area contributed by atoms with E-state index in [4.69, 9.17) is 9.57 Å². The number of rotatable bonds is 6. The van der Waals surface area contributed by atoms with Crippen LogP contribution in [0, 0.1) is 0 Å². The maximum atomic E-state index is 12.5. The summed E-state index contributed by atoms with van der Waals surface area (Å²) in [7, 11) is 0. The Labute approximate surface area is 157 Å². The molecule has 0 aliphatic carbocycles. The van der Waals surface area contributed by atoms with E-state index in [0.717, 1.165) is 19.3 Å². The van der Waals surface area contributed by atoms with E-state index in [-0.39, 0.29) is 24.6 Å². The van der Waals surface area contributed by atoms with E-state index in [1.165, 1.54) is 30.5 Å². The first-order valence-electron chi connectivity index (χ1n) is 8.52. The van der Waals surface area contributed by atoms with Crippen molar-refractivity contribution in [2.75, 3.05) is 13.2 Å². The molecular formula is C17H17F3N4O4. The Bertz CT molecular complexity index is 815.